The van der Waals surface area contributed by atoms with Gasteiger partial charge in [-0.25, -0.2) is 9.59 Å². The molecule has 0 radical (unpaired) electrons. The molecule has 0 saturated carbocycles. The SMILES string of the molecule is C=Cc1ccccc1C(N)CC(COC(CN)C(Cc1ccccc1)OC(N)=O)OC(=O)OC(C)(C)C. The lowest BCUT2D eigenvalue weighted by atomic mass is 9.96. The molecule has 37 heavy (non-hydrogen) atoms. The highest BCUT2D eigenvalue weighted by Crippen LogP contribution is 2.24. The van der Waals surface area contributed by atoms with E-state index in [9.17, 15) is 9.59 Å². The van der Waals surface area contributed by atoms with Crippen LogP contribution in [0.3, 0.4) is 0 Å². The molecule has 202 valence electrons. The average Bonchev–Trinajstić information content (AvgIpc) is 2.83. The van der Waals surface area contributed by atoms with E-state index >= 15 is 0 Å². The number of hydrogen-bond acceptors (Lipinski definition) is 8. The number of nitrogens with two attached hydrogens (primary N) is 3. The molecular formula is C28H39N3O6. The average molecular weight is 514 g/mol. The lowest BCUT2D eigenvalue weighted by Crippen LogP contribution is -2.43. The maximum absolute atomic E-state index is 12.5. The first-order valence-corrected chi connectivity index (χ1v) is 12.2. The van der Waals surface area contributed by atoms with E-state index in [1.807, 2.05) is 54.6 Å². The molecule has 1 amide bonds. The van der Waals surface area contributed by atoms with Crippen molar-refractivity contribution in [2.75, 3.05) is 13.2 Å². The van der Waals surface area contributed by atoms with Crippen LogP contribution in [-0.2, 0) is 25.4 Å². The molecule has 2 aromatic carbocycles. The summed E-state index contributed by atoms with van der Waals surface area (Å²) in [5, 5.41) is 0. The Balaban J connectivity index is 2.19. The fourth-order valence-electron chi connectivity index (χ4n) is 3.81. The zero-order valence-corrected chi connectivity index (χ0v) is 21.8. The molecule has 2 rings (SSSR count). The Kier molecular flexibility index (Phi) is 11.6. The largest absolute Gasteiger partial charge is 0.509 e. The molecule has 6 N–H and O–H groups in total. The Morgan fingerprint density at radius 3 is 2.24 bits per heavy atom. The number of rotatable bonds is 13. The summed E-state index contributed by atoms with van der Waals surface area (Å²) < 4.78 is 22.3. The van der Waals surface area contributed by atoms with Gasteiger partial charge in [0, 0.05) is 25.4 Å². The lowest BCUT2D eigenvalue weighted by Gasteiger charge is -2.29. The third-order valence-electron chi connectivity index (χ3n) is 5.48. The van der Waals surface area contributed by atoms with Crippen molar-refractivity contribution >= 4 is 18.3 Å². The molecule has 0 aliphatic carbocycles. The summed E-state index contributed by atoms with van der Waals surface area (Å²) in [7, 11) is 0. The molecule has 4 atom stereocenters. The van der Waals surface area contributed by atoms with E-state index in [0.29, 0.717) is 6.42 Å². The van der Waals surface area contributed by atoms with Crippen LogP contribution in [0.2, 0.25) is 0 Å². The van der Waals surface area contributed by atoms with Gasteiger partial charge in [-0.15, -0.1) is 0 Å². The topological polar surface area (TPSA) is 149 Å². The van der Waals surface area contributed by atoms with E-state index in [2.05, 4.69) is 6.58 Å². The number of primary amides is 1. The monoisotopic (exact) mass is 513 g/mol. The molecule has 0 bridgehead atoms. The van der Waals surface area contributed by atoms with E-state index in [-0.39, 0.29) is 19.6 Å². The van der Waals surface area contributed by atoms with Gasteiger partial charge in [-0.2, -0.15) is 0 Å². The summed E-state index contributed by atoms with van der Waals surface area (Å²) in [6.07, 6.45) is -1.72. The molecule has 0 aliphatic heterocycles. The highest BCUT2D eigenvalue weighted by atomic mass is 16.7. The van der Waals surface area contributed by atoms with Crippen LogP contribution >= 0.6 is 0 Å². The molecule has 0 fully saturated rings. The van der Waals surface area contributed by atoms with Crippen molar-refractivity contribution in [3.05, 3.63) is 77.9 Å². The van der Waals surface area contributed by atoms with Crippen LogP contribution in [0.15, 0.2) is 61.2 Å². The Labute approximate surface area is 218 Å². The fraction of sp³-hybridized carbons (Fsp3) is 0.429. The van der Waals surface area contributed by atoms with E-state index in [4.69, 9.17) is 36.1 Å². The zero-order valence-electron chi connectivity index (χ0n) is 21.8. The fourth-order valence-corrected chi connectivity index (χ4v) is 3.81. The van der Waals surface area contributed by atoms with Crippen molar-refractivity contribution in [3.8, 4) is 0 Å². The van der Waals surface area contributed by atoms with Crippen molar-refractivity contribution in [1.29, 1.82) is 0 Å². The third-order valence-corrected chi connectivity index (χ3v) is 5.48. The maximum atomic E-state index is 12.5. The molecule has 0 aliphatic rings. The third kappa shape index (κ3) is 10.6. The van der Waals surface area contributed by atoms with Crippen LogP contribution in [0.5, 0.6) is 0 Å². The standard InChI is InChI=1S/C28H39N3O6/c1-5-20-13-9-10-14-22(20)23(30)16-21(35-27(33)37-28(2,3)4)18-34-25(17-29)24(36-26(31)32)15-19-11-7-6-8-12-19/h5-14,21,23-25H,1,15-18,29-30H2,2-4H3,(H2,31,32). The second-order valence-corrected chi connectivity index (χ2v) is 9.65. The number of amides is 1. The van der Waals surface area contributed by atoms with Crippen LogP contribution in [0, 0.1) is 0 Å². The molecule has 9 nitrogen and oxygen atoms in total. The van der Waals surface area contributed by atoms with Gasteiger partial charge in [0.2, 0.25) is 0 Å². The van der Waals surface area contributed by atoms with Crippen molar-refractivity contribution < 1.29 is 28.5 Å². The first-order chi connectivity index (χ1) is 17.5. The Bertz CT molecular complexity index is 1010. The Hall–Kier alpha value is -3.40. The minimum Gasteiger partial charge on any atom is -0.443 e. The van der Waals surface area contributed by atoms with Crippen molar-refractivity contribution in [2.24, 2.45) is 17.2 Å². The van der Waals surface area contributed by atoms with Crippen LogP contribution in [0.25, 0.3) is 6.08 Å². The summed E-state index contributed by atoms with van der Waals surface area (Å²) in [5.74, 6) is 0. The van der Waals surface area contributed by atoms with Gasteiger partial charge in [0.25, 0.3) is 0 Å². The Morgan fingerprint density at radius 1 is 1.00 bits per heavy atom. The molecule has 0 saturated heterocycles. The number of benzene rings is 2. The number of ether oxygens (including phenoxy) is 4. The van der Waals surface area contributed by atoms with Crippen LogP contribution in [-0.4, -0.2) is 49.3 Å². The molecule has 4 unspecified atom stereocenters. The lowest BCUT2D eigenvalue weighted by molar-refractivity contribution is -0.0856. The van der Waals surface area contributed by atoms with E-state index < -0.39 is 42.2 Å². The number of hydrogen-bond donors (Lipinski definition) is 3. The minimum absolute atomic E-state index is 0.0370. The van der Waals surface area contributed by atoms with Gasteiger partial charge in [-0.05, 0) is 37.5 Å². The first-order valence-electron chi connectivity index (χ1n) is 12.2. The van der Waals surface area contributed by atoms with Gasteiger partial charge in [0.05, 0.1) is 6.61 Å². The number of carbonyl (C=O) groups excluding carboxylic acids is 2. The Morgan fingerprint density at radius 2 is 1.65 bits per heavy atom. The van der Waals surface area contributed by atoms with Gasteiger partial charge in [-0.1, -0.05) is 67.3 Å². The summed E-state index contributed by atoms with van der Waals surface area (Å²) >= 11 is 0. The predicted octanol–water partition coefficient (Wildman–Crippen LogP) is 4.09. The summed E-state index contributed by atoms with van der Waals surface area (Å²) in [5.41, 5.74) is 19.7. The van der Waals surface area contributed by atoms with Crippen molar-refractivity contribution in [2.45, 2.75) is 63.6 Å². The van der Waals surface area contributed by atoms with E-state index in [1.54, 1.807) is 26.8 Å². The summed E-state index contributed by atoms with van der Waals surface area (Å²) in [6.45, 7) is 9.04. The van der Waals surface area contributed by atoms with Gasteiger partial charge < -0.3 is 36.1 Å². The molecule has 0 spiro atoms. The second kappa shape index (κ2) is 14.4. The minimum atomic E-state index is -0.937. The highest BCUT2D eigenvalue weighted by molar-refractivity contribution is 5.65. The second-order valence-electron chi connectivity index (χ2n) is 9.65. The van der Waals surface area contributed by atoms with Crippen LogP contribution in [0.1, 0.15) is 49.9 Å². The summed E-state index contributed by atoms with van der Waals surface area (Å²) in [6, 6.07) is 16.5. The molecule has 0 aromatic heterocycles. The van der Waals surface area contributed by atoms with Gasteiger partial charge >= 0.3 is 12.2 Å². The molecule has 2 aromatic rings. The highest BCUT2D eigenvalue weighted by Gasteiger charge is 2.29. The molecule has 9 heteroatoms. The van der Waals surface area contributed by atoms with Gasteiger partial charge in [-0.3, -0.25) is 0 Å². The predicted molar refractivity (Wildman–Crippen MR) is 143 cm³/mol. The maximum Gasteiger partial charge on any atom is 0.509 e. The zero-order chi connectivity index (χ0) is 27.4. The van der Waals surface area contributed by atoms with Crippen LogP contribution < -0.4 is 17.2 Å². The smallest absolute Gasteiger partial charge is 0.443 e. The quantitative estimate of drug-likeness (QED) is 0.339. The molecule has 0 heterocycles. The van der Waals surface area contributed by atoms with Crippen LogP contribution in [0.4, 0.5) is 9.59 Å². The number of carbonyl (C=O) groups is 2. The molecular weight excluding hydrogens is 474 g/mol. The normalized spacial score (nSPS) is 14.6. The summed E-state index contributed by atoms with van der Waals surface area (Å²) in [4.78, 5) is 24.1. The van der Waals surface area contributed by atoms with E-state index in [1.165, 1.54) is 0 Å². The van der Waals surface area contributed by atoms with Crippen molar-refractivity contribution in [1.82, 2.24) is 0 Å². The first kappa shape index (κ1) is 29.8. The van der Waals surface area contributed by atoms with E-state index in [0.717, 1.165) is 16.7 Å². The van der Waals surface area contributed by atoms with Gasteiger partial charge in [0.15, 0.2) is 0 Å². The van der Waals surface area contributed by atoms with Crippen molar-refractivity contribution in [3.63, 3.8) is 0 Å². The van der Waals surface area contributed by atoms with Gasteiger partial charge in [0.1, 0.15) is 23.9 Å².